The Hall–Kier alpha value is -2.24. The average molecular weight is 279 g/mol. The molecule has 6 heteroatoms. The van der Waals surface area contributed by atoms with Gasteiger partial charge in [-0.15, -0.1) is 0 Å². The largest absolute Gasteiger partial charge is 0.508 e. The van der Waals surface area contributed by atoms with Crippen LogP contribution >= 0.6 is 0 Å². The van der Waals surface area contributed by atoms with E-state index >= 15 is 0 Å². The molecule has 1 heterocycles. The molecule has 0 spiro atoms. The predicted molar refractivity (Wildman–Crippen MR) is 70.4 cm³/mol. The van der Waals surface area contributed by atoms with Crippen LogP contribution in [0.25, 0.3) is 0 Å². The second-order valence-electron chi connectivity index (χ2n) is 4.81. The summed E-state index contributed by atoms with van der Waals surface area (Å²) in [4.78, 5) is 25.4. The molecule has 0 saturated carbocycles. The van der Waals surface area contributed by atoms with E-state index in [4.69, 9.17) is 4.74 Å². The quantitative estimate of drug-likeness (QED) is 0.792. The lowest BCUT2D eigenvalue weighted by molar-refractivity contribution is -0.146. The first kappa shape index (κ1) is 14.2. The van der Waals surface area contributed by atoms with Crippen LogP contribution in [0.1, 0.15) is 23.2 Å². The highest BCUT2D eigenvalue weighted by molar-refractivity contribution is 5.97. The van der Waals surface area contributed by atoms with E-state index in [0.29, 0.717) is 19.4 Å². The van der Waals surface area contributed by atoms with Gasteiger partial charge in [0.05, 0.1) is 18.6 Å². The predicted octanol–water partition coefficient (Wildman–Crippen LogP) is 1.12. The number of phenolic OH excluding ortho intramolecular Hbond substituents is 2. The molecule has 1 aliphatic heterocycles. The van der Waals surface area contributed by atoms with Crippen molar-refractivity contribution in [1.29, 1.82) is 0 Å². The van der Waals surface area contributed by atoms with Gasteiger partial charge in [0.15, 0.2) is 0 Å². The molecule has 1 saturated heterocycles. The van der Waals surface area contributed by atoms with Crippen LogP contribution in [-0.2, 0) is 9.53 Å². The number of hydrogen-bond donors (Lipinski definition) is 2. The summed E-state index contributed by atoms with van der Waals surface area (Å²) in [5.41, 5.74) is 0.119. The van der Waals surface area contributed by atoms with E-state index in [2.05, 4.69) is 0 Å². The summed E-state index contributed by atoms with van der Waals surface area (Å²) in [6.07, 6.45) is 1.41. The van der Waals surface area contributed by atoms with Gasteiger partial charge >= 0.3 is 5.97 Å². The molecule has 108 valence electrons. The molecule has 0 aliphatic carbocycles. The number of amides is 1. The Bertz CT molecular complexity index is 528. The zero-order valence-electron chi connectivity index (χ0n) is 11.2. The second kappa shape index (κ2) is 5.81. The van der Waals surface area contributed by atoms with Crippen LogP contribution in [0.15, 0.2) is 18.2 Å². The van der Waals surface area contributed by atoms with Crippen LogP contribution in [-0.4, -0.2) is 47.2 Å². The Morgan fingerprint density at radius 2 is 2.10 bits per heavy atom. The minimum Gasteiger partial charge on any atom is -0.508 e. The number of benzene rings is 1. The number of rotatable bonds is 2. The zero-order valence-corrected chi connectivity index (χ0v) is 11.2. The number of ether oxygens (including phenoxy) is 1. The number of esters is 1. The van der Waals surface area contributed by atoms with Gasteiger partial charge in [-0.2, -0.15) is 0 Å². The monoisotopic (exact) mass is 279 g/mol. The fourth-order valence-electron chi connectivity index (χ4n) is 2.39. The van der Waals surface area contributed by atoms with Gasteiger partial charge in [0.25, 0.3) is 5.91 Å². The Morgan fingerprint density at radius 3 is 2.75 bits per heavy atom. The molecule has 6 nitrogen and oxygen atoms in total. The van der Waals surface area contributed by atoms with Crippen molar-refractivity contribution in [2.24, 2.45) is 5.92 Å². The molecule has 0 radical (unpaired) electrons. The molecule has 2 N–H and O–H groups in total. The van der Waals surface area contributed by atoms with Crippen molar-refractivity contribution in [1.82, 2.24) is 4.90 Å². The number of hydrogen-bond acceptors (Lipinski definition) is 5. The summed E-state index contributed by atoms with van der Waals surface area (Å²) in [6, 6.07) is 3.83. The molecule has 1 aromatic carbocycles. The molecule has 1 atom stereocenters. The molecule has 1 fully saturated rings. The maximum Gasteiger partial charge on any atom is 0.310 e. The van der Waals surface area contributed by atoms with Crippen molar-refractivity contribution in [3.63, 3.8) is 0 Å². The molecule has 1 aliphatic rings. The number of carbonyl (C=O) groups excluding carboxylic acids is 2. The standard InChI is InChI=1S/C14H17NO5/c1-20-14(19)9-3-2-6-15(8-9)13(18)11-5-4-10(16)7-12(11)17/h4-5,7,9,16-17H,2-3,6,8H2,1H3/t9-/m0/s1. The van der Waals surface area contributed by atoms with E-state index in [1.807, 2.05) is 0 Å². The third-order valence-electron chi connectivity index (χ3n) is 3.45. The summed E-state index contributed by atoms with van der Waals surface area (Å²) < 4.78 is 4.70. The van der Waals surface area contributed by atoms with Crippen molar-refractivity contribution in [2.75, 3.05) is 20.2 Å². The summed E-state index contributed by atoms with van der Waals surface area (Å²) in [5.74, 6) is -1.37. The number of phenols is 2. The zero-order chi connectivity index (χ0) is 14.7. The molecular weight excluding hydrogens is 262 g/mol. The van der Waals surface area contributed by atoms with Gasteiger partial charge in [-0.25, -0.2) is 0 Å². The summed E-state index contributed by atoms with van der Waals surface area (Å²) in [5, 5.41) is 18.9. The molecule has 1 aromatic rings. The highest BCUT2D eigenvalue weighted by Gasteiger charge is 2.30. The Morgan fingerprint density at radius 1 is 1.35 bits per heavy atom. The lowest BCUT2D eigenvalue weighted by Gasteiger charge is -2.31. The van der Waals surface area contributed by atoms with Gasteiger partial charge in [0.1, 0.15) is 11.5 Å². The van der Waals surface area contributed by atoms with Crippen LogP contribution in [0.5, 0.6) is 11.5 Å². The third kappa shape index (κ3) is 2.84. The van der Waals surface area contributed by atoms with Crippen LogP contribution < -0.4 is 0 Å². The van der Waals surface area contributed by atoms with Gasteiger partial charge in [-0.1, -0.05) is 0 Å². The highest BCUT2D eigenvalue weighted by Crippen LogP contribution is 2.26. The Labute approximate surface area is 116 Å². The highest BCUT2D eigenvalue weighted by atomic mass is 16.5. The van der Waals surface area contributed by atoms with E-state index in [-0.39, 0.29) is 41.4 Å². The molecule has 1 amide bonds. The minimum atomic E-state index is -0.351. The minimum absolute atomic E-state index is 0.106. The third-order valence-corrected chi connectivity index (χ3v) is 3.45. The van der Waals surface area contributed by atoms with Crippen molar-refractivity contribution in [3.05, 3.63) is 23.8 Å². The number of nitrogens with zero attached hydrogens (tertiary/aromatic N) is 1. The van der Waals surface area contributed by atoms with Crippen LogP contribution in [0.4, 0.5) is 0 Å². The molecule has 20 heavy (non-hydrogen) atoms. The average Bonchev–Trinajstić information content (AvgIpc) is 2.46. The Kier molecular flexibility index (Phi) is 4.12. The molecular formula is C14H17NO5. The topological polar surface area (TPSA) is 87.1 Å². The fraction of sp³-hybridized carbons (Fsp3) is 0.429. The maximum absolute atomic E-state index is 12.3. The van der Waals surface area contributed by atoms with E-state index in [0.717, 1.165) is 6.07 Å². The van der Waals surface area contributed by atoms with Crippen molar-refractivity contribution in [3.8, 4) is 11.5 Å². The van der Waals surface area contributed by atoms with E-state index in [9.17, 15) is 19.8 Å². The second-order valence-corrected chi connectivity index (χ2v) is 4.81. The van der Waals surface area contributed by atoms with Crippen molar-refractivity contribution >= 4 is 11.9 Å². The van der Waals surface area contributed by atoms with Crippen molar-refractivity contribution < 1.29 is 24.5 Å². The van der Waals surface area contributed by atoms with Gasteiger partial charge in [-0.3, -0.25) is 9.59 Å². The SMILES string of the molecule is COC(=O)[C@H]1CCCN(C(=O)c2ccc(O)cc2O)C1. The molecule has 0 aromatic heterocycles. The normalized spacial score (nSPS) is 18.6. The molecule has 0 unspecified atom stereocenters. The molecule has 2 rings (SSSR count). The smallest absolute Gasteiger partial charge is 0.310 e. The van der Waals surface area contributed by atoms with Gasteiger partial charge in [0.2, 0.25) is 0 Å². The first-order valence-corrected chi connectivity index (χ1v) is 6.42. The lowest BCUT2D eigenvalue weighted by Crippen LogP contribution is -2.42. The maximum atomic E-state index is 12.3. The van der Waals surface area contributed by atoms with Crippen LogP contribution in [0, 0.1) is 5.92 Å². The molecule has 0 bridgehead atoms. The number of methoxy groups -OCH3 is 1. The van der Waals surface area contributed by atoms with Crippen LogP contribution in [0.2, 0.25) is 0 Å². The first-order chi connectivity index (χ1) is 9.52. The van der Waals surface area contributed by atoms with Crippen LogP contribution in [0.3, 0.4) is 0 Å². The summed E-state index contributed by atoms with van der Waals surface area (Å²) in [6.45, 7) is 0.818. The fourth-order valence-corrected chi connectivity index (χ4v) is 2.39. The van der Waals surface area contributed by atoms with Crippen molar-refractivity contribution in [2.45, 2.75) is 12.8 Å². The van der Waals surface area contributed by atoms with Gasteiger partial charge < -0.3 is 19.8 Å². The first-order valence-electron chi connectivity index (χ1n) is 6.42. The van der Waals surface area contributed by atoms with E-state index in [1.165, 1.54) is 24.1 Å². The summed E-state index contributed by atoms with van der Waals surface area (Å²) in [7, 11) is 1.33. The van der Waals surface area contributed by atoms with Gasteiger partial charge in [-0.05, 0) is 25.0 Å². The number of carbonyl (C=O) groups is 2. The van der Waals surface area contributed by atoms with E-state index < -0.39 is 0 Å². The number of likely N-dealkylation sites (tertiary alicyclic amines) is 1. The Balaban J connectivity index is 2.14. The number of aromatic hydroxyl groups is 2. The lowest BCUT2D eigenvalue weighted by atomic mass is 9.97. The summed E-state index contributed by atoms with van der Waals surface area (Å²) >= 11 is 0. The number of piperidine rings is 1. The van der Waals surface area contributed by atoms with Gasteiger partial charge in [0, 0.05) is 19.2 Å². The van der Waals surface area contributed by atoms with E-state index in [1.54, 1.807) is 0 Å².